The molecule has 4 aromatic rings. The van der Waals surface area contributed by atoms with Crippen LogP contribution in [0.2, 0.25) is 0 Å². The number of hydrogen-bond donors (Lipinski definition) is 2. The van der Waals surface area contributed by atoms with Crippen molar-refractivity contribution in [3.05, 3.63) is 64.5 Å². The zero-order valence-corrected chi connectivity index (χ0v) is 13.6. The van der Waals surface area contributed by atoms with Gasteiger partial charge in [-0.2, -0.15) is 5.10 Å². The van der Waals surface area contributed by atoms with Gasteiger partial charge in [-0.3, -0.25) is 4.79 Å². The average molecular weight is 391 g/mol. The van der Waals surface area contributed by atoms with Crippen molar-refractivity contribution in [1.29, 1.82) is 0 Å². The molecular weight excluding hydrogens is 382 g/mol. The Kier molecular flexibility index (Phi) is 3.34. The molecule has 0 radical (unpaired) electrons. The van der Waals surface area contributed by atoms with Gasteiger partial charge in [0.25, 0.3) is 5.91 Å². The summed E-state index contributed by atoms with van der Waals surface area (Å²) >= 11 is 3.34. The number of fused-ring (bicyclic) bond motifs is 2. The molecule has 8 heteroatoms. The van der Waals surface area contributed by atoms with Gasteiger partial charge in [0, 0.05) is 28.3 Å². The second kappa shape index (κ2) is 5.41. The van der Waals surface area contributed by atoms with Crippen LogP contribution in [-0.2, 0) is 0 Å². The molecule has 0 atom stereocenters. The van der Waals surface area contributed by atoms with E-state index in [2.05, 4.69) is 31.3 Å². The molecule has 0 bridgehead atoms. The first-order valence-corrected chi connectivity index (χ1v) is 7.73. The first-order chi connectivity index (χ1) is 11.5. The van der Waals surface area contributed by atoms with E-state index in [1.807, 2.05) is 12.1 Å². The SMILES string of the molecule is O=C(Nc1c[nH]c2cc(F)c(F)cc12)c1cc2ccc(Br)cn2n1. The van der Waals surface area contributed by atoms with Crippen LogP contribution in [0, 0.1) is 11.6 Å². The van der Waals surface area contributed by atoms with E-state index in [0.717, 1.165) is 22.1 Å². The smallest absolute Gasteiger partial charge is 0.276 e. The fourth-order valence-corrected chi connectivity index (χ4v) is 2.81. The van der Waals surface area contributed by atoms with E-state index in [0.29, 0.717) is 16.6 Å². The Hall–Kier alpha value is -2.74. The van der Waals surface area contributed by atoms with Crippen LogP contribution in [0.1, 0.15) is 10.5 Å². The number of carbonyl (C=O) groups excluding carboxylic acids is 1. The Labute approximate surface area is 142 Å². The second-order valence-electron chi connectivity index (χ2n) is 5.21. The number of aromatic nitrogens is 3. The fourth-order valence-electron chi connectivity index (χ4n) is 2.48. The number of nitrogens with one attached hydrogen (secondary N) is 2. The number of nitrogens with zero attached hydrogens (tertiary/aromatic N) is 2. The van der Waals surface area contributed by atoms with Crippen LogP contribution in [0.25, 0.3) is 16.4 Å². The summed E-state index contributed by atoms with van der Waals surface area (Å²) in [6.07, 6.45) is 3.21. The predicted octanol–water partition coefficient (Wildman–Crippen LogP) is 4.11. The van der Waals surface area contributed by atoms with Crippen LogP contribution in [0.4, 0.5) is 14.5 Å². The van der Waals surface area contributed by atoms with Crippen LogP contribution in [0.5, 0.6) is 0 Å². The normalized spacial score (nSPS) is 11.3. The van der Waals surface area contributed by atoms with E-state index in [1.54, 1.807) is 16.8 Å². The van der Waals surface area contributed by atoms with E-state index in [-0.39, 0.29) is 5.69 Å². The molecule has 0 aliphatic heterocycles. The summed E-state index contributed by atoms with van der Waals surface area (Å²) in [6.45, 7) is 0. The number of amides is 1. The highest BCUT2D eigenvalue weighted by molar-refractivity contribution is 9.10. The van der Waals surface area contributed by atoms with Crippen molar-refractivity contribution < 1.29 is 13.6 Å². The average Bonchev–Trinajstić information content (AvgIpc) is 3.12. The molecule has 1 amide bonds. The van der Waals surface area contributed by atoms with Crippen molar-refractivity contribution in [2.75, 3.05) is 5.32 Å². The van der Waals surface area contributed by atoms with E-state index in [4.69, 9.17) is 0 Å². The first-order valence-electron chi connectivity index (χ1n) is 6.94. The molecule has 0 aliphatic carbocycles. The molecule has 0 unspecified atom stereocenters. The molecule has 0 saturated heterocycles. The minimum Gasteiger partial charge on any atom is -0.359 e. The third-order valence-corrected chi connectivity index (χ3v) is 4.10. The maximum absolute atomic E-state index is 13.4. The summed E-state index contributed by atoms with van der Waals surface area (Å²) in [5.74, 6) is -2.37. The van der Waals surface area contributed by atoms with Gasteiger partial charge in [0.15, 0.2) is 17.3 Å². The quantitative estimate of drug-likeness (QED) is 0.540. The van der Waals surface area contributed by atoms with Crippen LogP contribution in [0.15, 0.2) is 47.2 Å². The monoisotopic (exact) mass is 390 g/mol. The van der Waals surface area contributed by atoms with Crippen molar-refractivity contribution >= 4 is 43.9 Å². The summed E-state index contributed by atoms with van der Waals surface area (Å²) < 4.78 is 29.1. The summed E-state index contributed by atoms with van der Waals surface area (Å²) in [5, 5.41) is 7.24. The molecular formula is C16H9BrF2N4O. The minimum atomic E-state index is -0.977. The highest BCUT2D eigenvalue weighted by atomic mass is 79.9. The molecule has 3 heterocycles. The Bertz CT molecular complexity index is 1100. The van der Waals surface area contributed by atoms with E-state index >= 15 is 0 Å². The fraction of sp³-hybridized carbons (Fsp3) is 0. The molecule has 0 aliphatic rings. The van der Waals surface area contributed by atoms with Crippen molar-refractivity contribution in [2.45, 2.75) is 0 Å². The van der Waals surface area contributed by atoms with E-state index < -0.39 is 17.5 Å². The van der Waals surface area contributed by atoms with Gasteiger partial charge in [-0.25, -0.2) is 13.3 Å². The van der Waals surface area contributed by atoms with Gasteiger partial charge in [-0.05, 0) is 40.2 Å². The predicted molar refractivity (Wildman–Crippen MR) is 89.1 cm³/mol. The number of aromatic amines is 1. The molecule has 0 fully saturated rings. The summed E-state index contributed by atoms with van der Waals surface area (Å²) in [4.78, 5) is 15.2. The summed E-state index contributed by atoms with van der Waals surface area (Å²) in [6, 6.07) is 7.38. The van der Waals surface area contributed by atoms with Crippen molar-refractivity contribution in [2.24, 2.45) is 0 Å². The van der Waals surface area contributed by atoms with Gasteiger partial charge in [0.05, 0.1) is 16.7 Å². The number of rotatable bonds is 2. The molecule has 3 aromatic heterocycles. The van der Waals surface area contributed by atoms with Gasteiger partial charge in [-0.1, -0.05) is 0 Å². The Morgan fingerprint density at radius 1 is 1.21 bits per heavy atom. The number of H-pyrrole nitrogens is 1. The number of hydrogen-bond acceptors (Lipinski definition) is 2. The number of halogens is 3. The van der Waals surface area contributed by atoms with E-state index in [1.165, 1.54) is 6.20 Å². The van der Waals surface area contributed by atoms with Crippen molar-refractivity contribution in [1.82, 2.24) is 14.6 Å². The maximum Gasteiger partial charge on any atom is 0.276 e. The highest BCUT2D eigenvalue weighted by Gasteiger charge is 2.15. The molecule has 0 spiro atoms. The highest BCUT2D eigenvalue weighted by Crippen LogP contribution is 2.26. The zero-order chi connectivity index (χ0) is 16.8. The van der Waals surface area contributed by atoms with Crippen LogP contribution in [0.3, 0.4) is 0 Å². The topological polar surface area (TPSA) is 62.2 Å². The number of carbonyl (C=O) groups is 1. The third-order valence-electron chi connectivity index (χ3n) is 3.63. The molecule has 24 heavy (non-hydrogen) atoms. The first kappa shape index (κ1) is 14.8. The van der Waals surface area contributed by atoms with Crippen LogP contribution in [-0.4, -0.2) is 20.5 Å². The van der Waals surface area contributed by atoms with E-state index in [9.17, 15) is 13.6 Å². The third kappa shape index (κ3) is 2.44. The maximum atomic E-state index is 13.4. The minimum absolute atomic E-state index is 0.213. The summed E-state index contributed by atoms with van der Waals surface area (Å²) in [7, 11) is 0. The molecule has 120 valence electrons. The van der Waals surface area contributed by atoms with Gasteiger partial charge in [0.2, 0.25) is 0 Å². The molecule has 0 saturated carbocycles. The van der Waals surface area contributed by atoms with Crippen molar-refractivity contribution in [3.63, 3.8) is 0 Å². The lowest BCUT2D eigenvalue weighted by molar-refractivity contribution is 0.102. The lowest BCUT2D eigenvalue weighted by atomic mass is 10.2. The van der Waals surface area contributed by atoms with Crippen LogP contribution >= 0.6 is 15.9 Å². The van der Waals surface area contributed by atoms with Gasteiger partial charge in [-0.15, -0.1) is 0 Å². The number of pyridine rings is 1. The second-order valence-corrected chi connectivity index (χ2v) is 6.13. The molecule has 1 aromatic carbocycles. The van der Waals surface area contributed by atoms with Gasteiger partial charge >= 0.3 is 0 Å². The van der Waals surface area contributed by atoms with Gasteiger partial charge < -0.3 is 10.3 Å². The Morgan fingerprint density at radius 2 is 2.00 bits per heavy atom. The van der Waals surface area contributed by atoms with Crippen LogP contribution < -0.4 is 5.32 Å². The number of benzene rings is 1. The molecule has 4 rings (SSSR count). The lowest BCUT2D eigenvalue weighted by Gasteiger charge is -2.01. The Balaban J connectivity index is 1.69. The summed E-state index contributed by atoms with van der Waals surface area (Å²) in [5.41, 5.74) is 1.72. The standard InChI is InChI=1S/C16H9BrF2N4O/c17-8-1-2-9-3-14(22-23(9)7-8)16(24)21-15-6-20-13-5-12(19)11(18)4-10(13)15/h1-7,20H,(H,21,24). The largest absolute Gasteiger partial charge is 0.359 e. The number of anilines is 1. The molecule has 5 nitrogen and oxygen atoms in total. The lowest BCUT2D eigenvalue weighted by Crippen LogP contribution is -2.12. The van der Waals surface area contributed by atoms with Gasteiger partial charge in [0.1, 0.15) is 0 Å². The Morgan fingerprint density at radius 3 is 2.83 bits per heavy atom. The zero-order valence-electron chi connectivity index (χ0n) is 12.0. The molecule has 2 N–H and O–H groups in total. The van der Waals surface area contributed by atoms with Crippen molar-refractivity contribution in [3.8, 4) is 0 Å².